The molecule has 1 amide bonds. The maximum Gasteiger partial charge on any atom is 0.291 e. The number of nitrogens with zero attached hydrogens (tertiary/aromatic N) is 3. The van der Waals surface area contributed by atoms with Crippen LogP contribution < -0.4 is 0 Å². The van der Waals surface area contributed by atoms with Gasteiger partial charge in [-0.25, -0.2) is 4.98 Å². The predicted octanol–water partition coefficient (Wildman–Crippen LogP) is 1.73. The van der Waals surface area contributed by atoms with Crippen LogP contribution in [-0.2, 0) is 0 Å². The van der Waals surface area contributed by atoms with E-state index in [0.717, 1.165) is 30.6 Å². The van der Waals surface area contributed by atoms with E-state index >= 15 is 0 Å². The molecule has 2 aromatic rings. The molecular weight excluding hydrogens is 244 g/mol. The number of likely N-dealkylation sites (tertiary alicyclic amines) is 1. The van der Waals surface area contributed by atoms with Crippen LogP contribution in [0.2, 0.25) is 0 Å². The highest BCUT2D eigenvalue weighted by Crippen LogP contribution is 2.28. The Morgan fingerprint density at radius 2 is 2.42 bits per heavy atom. The van der Waals surface area contributed by atoms with Crippen molar-refractivity contribution in [2.24, 2.45) is 0 Å². The van der Waals surface area contributed by atoms with Crippen molar-refractivity contribution in [2.75, 3.05) is 13.1 Å². The van der Waals surface area contributed by atoms with Gasteiger partial charge in [-0.3, -0.25) is 9.89 Å². The van der Waals surface area contributed by atoms with Crippen LogP contribution in [-0.4, -0.2) is 39.1 Å². The fourth-order valence-corrected chi connectivity index (χ4v) is 2.64. The van der Waals surface area contributed by atoms with Gasteiger partial charge in [0.1, 0.15) is 0 Å². The molecule has 0 aromatic carbocycles. The summed E-state index contributed by atoms with van der Waals surface area (Å²) in [6.45, 7) is 3.50. The van der Waals surface area contributed by atoms with Crippen LogP contribution in [0.5, 0.6) is 0 Å². The van der Waals surface area contributed by atoms with E-state index in [0.29, 0.717) is 18.2 Å². The number of nitrogens with one attached hydrogen (secondary N) is 1. The lowest BCUT2D eigenvalue weighted by atomic mass is 9.93. The second kappa shape index (κ2) is 4.87. The van der Waals surface area contributed by atoms with Crippen molar-refractivity contribution in [3.8, 4) is 0 Å². The first kappa shape index (κ1) is 12.0. The van der Waals surface area contributed by atoms with Gasteiger partial charge in [0, 0.05) is 24.7 Å². The number of hydrogen-bond donors (Lipinski definition) is 1. The molecule has 3 heterocycles. The second-order valence-electron chi connectivity index (χ2n) is 4.92. The molecule has 1 unspecified atom stereocenters. The lowest BCUT2D eigenvalue weighted by Gasteiger charge is -2.31. The lowest BCUT2D eigenvalue weighted by Crippen LogP contribution is -2.39. The number of oxazole rings is 1. The van der Waals surface area contributed by atoms with Gasteiger partial charge in [-0.1, -0.05) is 0 Å². The van der Waals surface area contributed by atoms with E-state index in [-0.39, 0.29) is 5.91 Å². The highest BCUT2D eigenvalue weighted by molar-refractivity contribution is 5.91. The van der Waals surface area contributed by atoms with E-state index in [1.807, 2.05) is 18.0 Å². The zero-order chi connectivity index (χ0) is 13.2. The third-order valence-corrected chi connectivity index (χ3v) is 3.63. The van der Waals surface area contributed by atoms with Gasteiger partial charge in [-0.2, -0.15) is 5.10 Å². The molecule has 1 fully saturated rings. The molecule has 1 aliphatic rings. The number of H-pyrrole nitrogens is 1. The summed E-state index contributed by atoms with van der Waals surface area (Å²) in [5.41, 5.74) is 2.29. The van der Waals surface area contributed by atoms with Gasteiger partial charge in [0.15, 0.2) is 6.39 Å². The number of aromatic amines is 1. The molecule has 1 aliphatic heterocycles. The standard InChI is InChI=1S/C13H16N4O2/c1-9-5-15-16-12(9)10-3-2-4-17(7-10)13(18)11-6-14-8-19-11/h5-6,8,10H,2-4,7H2,1H3,(H,15,16). The third-order valence-electron chi connectivity index (χ3n) is 3.63. The third kappa shape index (κ3) is 2.25. The van der Waals surface area contributed by atoms with E-state index in [4.69, 9.17) is 4.42 Å². The molecule has 1 atom stereocenters. The first-order chi connectivity index (χ1) is 9.25. The van der Waals surface area contributed by atoms with Gasteiger partial charge < -0.3 is 9.32 Å². The van der Waals surface area contributed by atoms with Crippen LogP contribution in [0.15, 0.2) is 23.2 Å². The van der Waals surface area contributed by atoms with Crippen molar-refractivity contribution in [3.05, 3.63) is 35.8 Å². The average molecular weight is 260 g/mol. The number of hydrogen-bond acceptors (Lipinski definition) is 4. The van der Waals surface area contributed by atoms with Gasteiger partial charge in [-0.15, -0.1) is 0 Å². The Bertz CT molecular complexity index is 561. The molecule has 19 heavy (non-hydrogen) atoms. The zero-order valence-corrected chi connectivity index (χ0v) is 10.8. The first-order valence-electron chi connectivity index (χ1n) is 6.43. The quantitative estimate of drug-likeness (QED) is 0.892. The number of rotatable bonds is 2. The van der Waals surface area contributed by atoms with E-state index in [9.17, 15) is 4.79 Å². The molecular formula is C13H16N4O2. The average Bonchev–Trinajstić information content (AvgIpc) is 3.09. The number of carbonyl (C=O) groups is 1. The molecule has 2 aromatic heterocycles. The van der Waals surface area contributed by atoms with Crippen molar-refractivity contribution in [1.82, 2.24) is 20.1 Å². The van der Waals surface area contributed by atoms with E-state index in [1.165, 1.54) is 12.6 Å². The number of aryl methyl sites for hydroxylation is 1. The summed E-state index contributed by atoms with van der Waals surface area (Å²) in [6, 6.07) is 0. The predicted molar refractivity (Wildman–Crippen MR) is 67.7 cm³/mol. The lowest BCUT2D eigenvalue weighted by molar-refractivity contribution is 0.0673. The Morgan fingerprint density at radius 3 is 3.11 bits per heavy atom. The number of amides is 1. The second-order valence-corrected chi connectivity index (χ2v) is 4.92. The monoisotopic (exact) mass is 260 g/mol. The number of piperidine rings is 1. The fourth-order valence-electron chi connectivity index (χ4n) is 2.64. The molecule has 1 saturated heterocycles. The molecule has 0 bridgehead atoms. The molecule has 0 saturated carbocycles. The minimum Gasteiger partial charge on any atom is -0.438 e. The maximum atomic E-state index is 12.2. The van der Waals surface area contributed by atoms with Crippen molar-refractivity contribution >= 4 is 5.91 Å². The Balaban J connectivity index is 1.75. The van der Waals surface area contributed by atoms with Gasteiger partial charge in [-0.05, 0) is 25.3 Å². The van der Waals surface area contributed by atoms with Crippen molar-refractivity contribution < 1.29 is 9.21 Å². The minimum atomic E-state index is -0.0839. The highest BCUT2D eigenvalue weighted by atomic mass is 16.3. The van der Waals surface area contributed by atoms with Crippen LogP contribution in [0, 0.1) is 6.92 Å². The van der Waals surface area contributed by atoms with Gasteiger partial charge >= 0.3 is 0 Å². The number of carbonyl (C=O) groups excluding carboxylic acids is 1. The molecule has 3 rings (SSSR count). The number of aromatic nitrogens is 3. The Hall–Kier alpha value is -2.11. The Kier molecular flexibility index (Phi) is 3.06. The van der Waals surface area contributed by atoms with Crippen LogP contribution in [0.4, 0.5) is 0 Å². The molecule has 0 radical (unpaired) electrons. The molecule has 6 heteroatoms. The summed E-state index contributed by atoms with van der Waals surface area (Å²) in [7, 11) is 0. The fraction of sp³-hybridized carbons (Fsp3) is 0.462. The van der Waals surface area contributed by atoms with Gasteiger partial charge in [0.25, 0.3) is 5.91 Å². The maximum absolute atomic E-state index is 12.2. The summed E-state index contributed by atoms with van der Waals surface area (Å²) in [5.74, 6) is 0.546. The molecule has 0 aliphatic carbocycles. The minimum absolute atomic E-state index is 0.0839. The molecule has 0 spiro atoms. The van der Waals surface area contributed by atoms with Crippen LogP contribution in [0.25, 0.3) is 0 Å². The van der Waals surface area contributed by atoms with E-state index < -0.39 is 0 Å². The van der Waals surface area contributed by atoms with Crippen LogP contribution in [0.3, 0.4) is 0 Å². The van der Waals surface area contributed by atoms with Gasteiger partial charge in [0.2, 0.25) is 5.76 Å². The van der Waals surface area contributed by atoms with Gasteiger partial charge in [0.05, 0.1) is 12.4 Å². The Morgan fingerprint density at radius 1 is 1.53 bits per heavy atom. The van der Waals surface area contributed by atoms with Crippen LogP contribution >= 0.6 is 0 Å². The molecule has 1 N–H and O–H groups in total. The van der Waals surface area contributed by atoms with E-state index in [1.54, 1.807) is 0 Å². The summed E-state index contributed by atoms with van der Waals surface area (Å²) in [6.07, 6.45) is 6.64. The largest absolute Gasteiger partial charge is 0.438 e. The summed E-state index contributed by atoms with van der Waals surface area (Å²) < 4.78 is 5.08. The SMILES string of the molecule is Cc1cn[nH]c1C1CCCN(C(=O)c2cnco2)C1. The van der Waals surface area contributed by atoms with E-state index in [2.05, 4.69) is 15.2 Å². The summed E-state index contributed by atoms with van der Waals surface area (Å²) in [5, 5.41) is 7.11. The van der Waals surface area contributed by atoms with Crippen molar-refractivity contribution in [1.29, 1.82) is 0 Å². The summed E-state index contributed by atoms with van der Waals surface area (Å²) in [4.78, 5) is 17.8. The molecule has 6 nitrogen and oxygen atoms in total. The highest BCUT2D eigenvalue weighted by Gasteiger charge is 2.28. The summed E-state index contributed by atoms with van der Waals surface area (Å²) >= 11 is 0. The van der Waals surface area contributed by atoms with Crippen molar-refractivity contribution in [3.63, 3.8) is 0 Å². The zero-order valence-electron chi connectivity index (χ0n) is 10.8. The molecule has 100 valence electrons. The first-order valence-corrected chi connectivity index (χ1v) is 6.43. The normalized spacial score (nSPS) is 19.6. The Labute approximate surface area is 110 Å². The van der Waals surface area contributed by atoms with Crippen molar-refractivity contribution in [2.45, 2.75) is 25.7 Å². The topological polar surface area (TPSA) is 75.0 Å². The van der Waals surface area contributed by atoms with Crippen LogP contribution in [0.1, 0.15) is 40.6 Å². The smallest absolute Gasteiger partial charge is 0.291 e.